The van der Waals surface area contributed by atoms with Gasteiger partial charge in [-0.05, 0) is 83.5 Å². The summed E-state index contributed by atoms with van der Waals surface area (Å²) in [5, 5.41) is 0. The maximum absolute atomic E-state index is 12.9. The molecule has 1 atom stereocenters. The summed E-state index contributed by atoms with van der Waals surface area (Å²) >= 11 is 0. The molecule has 0 saturated carbocycles. The maximum atomic E-state index is 12.9. The van der Waals surface area contributed by atoms with Crippen LogP contribution in [-0.2, 0) is 28.6 Å². The van der Waals surface area contributed by atoms with Crippen molar-refractivity contribution in [2.45, 2.75) is 290 Å². The van der Waals surface area contributed by atoms with Gasteiger partial charge in [0.2, 0.25) is 0 Å². The summed E-state index contributed by atoms with van der Waals surface area (Å²) in [4.78, 5) is 38.2. The predicted molar refractivity (Wildman–Crippen MR) is 302 cm³/mol. The molecule has 6 nitrogen and oxygen atoms in total. The van der Waals surface area contributed by atoms with Crippen LogP contribution in [0.3, 0.4) is 0 Å². The topological polar surface area (TPSA) is 78.9 Å². The molecule has 0 aromatic heterocycles. The van der Waals surface area contributed by atoms with Crippen LogP contribution in [-0.4, -0.2) is 37.2 Å². The number of carbonyl (C=O) groups is 3. The molecule has 0 rings (SSSR count). The molecule has 0 amide bonds. The van der Waals surface area contributed by atoms with Gasteiger partial charge in [0.05, 0.1) is 0 Å². The fourth-order valence-electron chi connectivity index (χ4n) is 8.23. The van der Waals surface area contributed by atoms with Crippen molar-refractivity contribution in [3.05, 3.63) is 85.1 Å². The van der Waals surface area contributed by atoms with Crippen molar-refractivity contribution < 1.29 is 28.6 Å². The van der Waals surface area contributed by atoms with E-state index in [4.69, 9.17) is 14.2 Å². The van der Waals surface area contributed by atoms with Gasteiger partial charge in [-0.2, -0.15) is 0 Å². The molecule has 0 aromatic rings. The third-order valence-corrected chi connectivity index (χ3v) is 12.6. The zero-order chi connectivity index (χ0) is 50.7. The van der Waals surface area contributed by atoms with E-state index < -0.39 is 6.10 Å². The molecule has 402 valence electrons. The van der Waals surface area contributed by atoms with Crippen LogP contribution in [0.5, 0.6) is 0 Å². The first kappa shape index (κ1) is 66.6. The van der Waals surface area contributed by atoms with Crippen LogP contribution in [0.4, 0.5) is 0 Å². The monoisotopic (exact) mass is 975 g/mol. The second-order valence-corrected chi connectivity index (χ2v) is 19.5. The van der Waals surface area contributed by atoms with Crippen molar-refractivity contribution in [3.63, 3.8) is 0 Å². The van der Waals surface area contributed by atoms with Crippen molar-refractivity contribution >= 4 is 17.9 Å². The highest BCUT2D eigenvalue weighted by atomic mass is 16.6. The number of allylic oxidation sites excluding steroid dienone is 14. The minimum absolute atomic E-state index is 0.0981. The van der Waals surface area contributed by atoms with Crippen molar-refractivity contribution in [1.82, 2.24) is 0 Å². The molecule has 6 heteroatoms. The standard InChI is InChI=1S/C64H110O6/c1-4-7-10-13-16-19-22-25-28-30-32-34-36-39-42-45-48-51-54-57-63(66)69-60-61(59-68-62(65)56-53-50-47-44-41-38-27-24-21-18-15-12-9-6-3)70-64(67)58-55-52-49-46-43-40-37-35-33-31-29-26-23-20-17-14-11-8-5-2/h7,10,16,19,25-26,28-29,32,34,39,42,48,51,61H,4-6,8-9,11-15,17-18,20-24,27,30-31,33,35-38,40-41,43-47,49-50,52-60H2,1-3H3/b10-7-,19-16-,28-25-,29-26-,34-32-,42-39-,51-48-/t61-/m1/s1. The quantitative estimate of drug-likeness (QED) is 0.0261. The first-order valence-corrected chi connectivity index (χ1v) is 29.6. The highest BCUT2D eigenvalue weighted by Gasteiger charge is 2.19. The number of hydrogen-bond donors (Lipinski definition) is 0. The lowest BCUT2D eigenvalue weighted by Gasteiger charge is -2.18. The molecule has 0 aliphatic heterocycles. The Bertz CT molecular complexity index is 1350. The van der Waals surface area contributed by atoms with E-state index in [1.807, 2.05) is 6.08 Å². The molecule has 0 fully saturated rings. The Labute approximate surface area is 433 Å². The zero-order valence-corrected chi connectivity index (χ0v) is 46.0. The summed E-state index contributed by atoms with van der Waals surface area (Å²) in [6.07, 6.45) is 75.9. The summed E-state index contributed by atoms with van der Waals surface area (Å²) in [7, 11) is 0. The molecule has 0 unspecified atom stereocenters. The molecule has 0 N–H and O–H groups in total. The Balaban J connectivity index is 4.47. The molecule has 0 aromatic carbocycles. The van der Waals surface area contributed by atoms with E-state index >= 15 is 0 Å². The van der Waals surface area contributed by atoms with E-state index in [1.54, 1.807) is 0 Å². The second-order valence-electron chi connectivity index (χ2n) is 19.5. The normalized spacial score (nSPS) is 12.7. The van der Waals surface area contributed by atoms with E-state index in [0.29, 0.717) is 19.3 Å². The van der Waals surface area contributed by atoms with E-state index in [1.165, 1.54) is 161 Å². The highest BCUT2D eigenvalue weighted by Crippen LogP contribution is 2.16. The van der Waals surface area contributed by atoms with Gasteiger partial charge in [-0.25, -0.2) is 0 Å². The van der Waals surface area contributed by atoms with Crippen LogP contribution in [0, 0.1) is 0 Å². The Hall–Kier alpha value is -3.41. The fourth-order valence-corrected chi connectivity index (χ4v) is 8.23. The number of carbonyl (C=O) groups excluding carboxylic acids is 3. The van der Waals surface area contributed by atoms with Crippen LogP contribution < -0.4 is 0 Å². The van der Waals surface area contributed by atoms with Gasteiger partial charge in [-0.3, -0.25) is 14.4 Å². The van der Waals surface area contributed by atoms with Gasteiger partial charge >= 0.3 is 17.9 Å². The van der Waals surface area contributed by atoms with Crippen molar-refractivity contribution in [3.8, 4) is 0 Å². The van der Waals surface area contributed by atoms with Gasteiger partial charge in [0.15, 0.2) is 6.10 Å². The maximum Gasteiger partial charge on any atom is 0.306 e. The van der Waals surface area contributed by atoms with Gasteiger partial charge < -0.3 is 14.2 Å². The Morgan fingerprint density at radius 3 is 0.957 bits per heavy atom. The summed E-state index contributed by atoms with van der Waals surface area (Å²) in [6, 6.07) is 0. The molecule has 0 bridgehead atoms. The Kier molecular flexibility index (Phi) is 55.3. The Morgan fingerprint density at radius 2 is 0.586 bits per heavy atom. The third-order valence-electron chi connectivity index (χ3n) is 12.6. The van der Waals surface area contributed by atoms with Crippen LogP contribution in [0.25, 0.3) is 0 Å². The van der Waals surface area contributed by atoms with E-state index in [-0.39, 0.29) is 37.5 Å². The van der Waals surface area contributed by atoms with Gasteiger partial charge in [-0.15, -0.1) is 0 Å². The minimum Gasteiger partial charge on any atom is -0.462 e. The largest absolute Gasteiger partial charge is 0.462 e. The number of hydrogen-bond acceptors (Lipinski definition) is 6. The molecule has 0 spiro atoms. The molecule has 70 heavy (non-hydrogen) atoms. The fraction of sp³-hybridized carbons (Fsp3) is 0.734. The molecule has 0 radical (unpaired) electrons. The second kappa shape index (κ2) is 58.2. The summed E-state index contributed by atoms with van der Waals surface area (Å²) in [6.45, 7) is 6.48. The summed E-state index contributed by atoms with van der Waals surface area (Å²) in [5.41, 5.74) is 0. The minimum atomic E-state index is -0.807. The molecular formula is C64H110O6. The van der Waals surface area contributed by atoms with Crippen molar-refractivity contribution in [2.24, 2.45) is 0 Å². The smallest absolute Gasteiger partial charge is 0.306 e. The SMILES string of the molecule is CC/C=C\C/C=C\C/C=C\C/C=C\C/C=C\C/C=C\CCC(=O)OC[C@@H](COC(=O)CCCCCCCCCCCCCCCC)OC(=O)CCCCCCCCCCC/C=C\CCCCCCCC. The molecule has 0 aliphatic rings. The van der Waals surface area contributed by atoms with E-state index in [2.05, 4.69) is 99.8 Å². The van der Waals surface area contributed by atoms with Crippen molar-refractivity contribution in [1.29, 1.82) is 0 Å². The molecule has 0 heterocycles. The van der Waals surface area contributed by atoms with Crippen LogP contribution >= 0.6 is 0 Å². The van der Waals surface area contributed by atoms with Crippen LogP contribution in [0.2, 0.25) is 0 Å². The molecular weight excluding hydrogens is 865 g/mol. The van der Waals surface area contributed by atoms with Crippen molar-refractivity contribution in [2.75, 3.05) is 13.2 Å². The first-order chi connectivity index (χ1) is 34.5. The zero-order valence-electron chi connectivity index (χ0n) is 46.0. The average Bonchev–Trinajstić information content (AvgIpc) is 3.36. The Morgan fingerprint density at radius 1 is 0.300 bits per heavy atom. The van der Waals surface area contributed by atoms with Gasteiger partial charge in [0, 0.05) is 19.3 Å². The number of esters is 3. The van der Waals surface area contributed by atoms with Crippen LogP contribution in [0.15, 0.2) is 85.1 Å². The number of ether oxygens (including phenoxy) is 3. The summed E-state index contributed by atoms with van der Waals surface area (Å²) < 4.78 is 16.8. The highest BCUT2D eigenvalue weighted by molar-refractivity contribution is 5.71. The van der Waals surface area contributed by atoms with Gasteiger partial charge in [0.1, 0.15) is 13.2 Å². The molecule has 0 saturated heterocycles. The number of unbranched alkanes of at least 4 members (excludes halogenated alkanes) is 28. The predicted octanol–water partition coefficient (Wildman–Crippen LogP) is 19.9. The third kappa shape index (κ3) is 55.5. The lowest BCUT2D eigenvalue weighted by atomic mass is 10.0. The lowest BCUT2D eigenvalue weighted by Crippen LogP contribution is -2.30. The summed E-state index contributed by atoms with van der Waals surface area (Å²) in [5.74, 6) is -0.979. The first-order valence-electron chi connectivity index (χ1n) is 29.6. The van der Waals surface area contributed by atoms with E-state index in [9.17, 15) is 14.4 Å². The van der Waals surface area contributed by atoms with E-state index in [0.717, 1.165) is 77.0 Å². The lowest BCUT2D eigenvalue weighted by molar-refractivity contribution is -0.166. The van der Waals surface area contributed by atoms with Gasteiger partial charge in [0.25, 0.3) is 0 Å². The number of rotatable bonds is 53. The van der Waals surface area contributed by atoms with Gasteiger partial charge in [-0.1, -0.05) is 266 Å². The molecule has 0 aliphatic carbocycles. The average molecular weight is 976 g/mol. The van der Waals surface area contributed by atoms with Crippen LogP contribution in [0.1, 0.15) is 284 Å².